The van der Waals surface area contributed by atoms with Crippen molar-refractivity contribution in [3.8, 4) is 0 Å². The number of aromatic nitrogens is 1. The Bertz CT molecular complexity index is 709. The zero-order valence-electron chi connectivity index (χ0n) is 13.1. The van der Waals surface area contributed by atoms with Crippen LogP contribution in [0.1, 0.15) is 35.7 Å². The summed E-state index contributed by atoms with van der Waals surface area (Å²) in [7, 11) is 0. The second-order valence-electron chi connectivity index (χ2n) is 4.96. The number of hydrogen-bond donors (Lipinski definition) is 1. The fourth-order valence-corrected chi connectivity index (χ4v) is 2.10. The minimum absolute atomic E-state index is 0.277. The molecular formula is C16H17ClN2O4. The lowest BCUT2D eigenvalue weighted by atomic mass is 10.1. The summed E-state index contributed by atoms with van der Waals surface area (Å²) in [6.45, 7) is 4.98. The molecule has 7 heteroatoms. The number of anilines is 1. The molecule has 0 aliphatic heterocycles. The molecular weight excluding hydrogens is 320 g/mol. The van der Waals surface area contributed by atoms with Crippen molar-refractivity contribution in [2.24, 2.45) is 0 Å². The molecule has 2 rings (SSSR count). The Kier molecular flexibility index (Phi) is 5.39. The highest BCUT2D eigenvalue weighted by atomic mass is 35.5. The zero-order valence-corrected chi connectivity index (χ0v) is 13.8. The average molecular weight is 337 g/mol. The van der Waals surface area contributed by atoms with Crippen molar-refractivity contribution in [1.82, 2.24) is 5.16 Å². The van der Waals surface area contributed by atoms with Gasteiger partial charge >= 0.3 is 5.97 Å². The van der Waals surface area contributed by atoms with Crippen LogP contribution in [0, 0.1) is 6.92 Å². The Morgan fingerprint density at radius 2 is 2.00 bits per heavy atom. The van der Waals surface area contributed by atoms with E-state index >= 15 is 0 Å². The number of carbonyl (C=O) groups excluding carboxylic acids is 2. The predicted octanol–water partition coefficient (Wildman–Crippen LogP) is 3.38. The van der Waals surface area contributed by atoms with Crippen molar-refractivity contribution in [1.29, 1.82) is 0 Å². The molecule has 1 aromatic heterocycles. The summed E-state index contributed by atoms with van der Waals surface area (Å²) in [5, 5.41) is 7.01. The van der Waals surface area contributed by atoms with Crippen molar-refractivity contribution in [2.45, 2.75) is 33.3 Å². The first-order valence-corrected chi connectivity index (χ1v) is 7.52. The molecule has 1 N–H and O–H groups in total. The van der Waals surface area contributed by atoms with Crippen molar-refractivity contribution in [3.63, 3.8) is 0 Å². The molecule has 0 fully saturated rings. The molecule has 1 unspecified atom stereocenters. The topological polar surface area (TPSA) is 81.4 Å². The molecule has 6 nitrogen and oxygen atoms in total. The molecule has 0 aliphatic carbocycles. The van der Waals surface area contributed by atoms with Gasteiger partial charge in [0.15, 0.2) is 6.10 Å². The largest absolute Gasteiger partial charge is 0.449 e. The van der Waals surface area contributed by atoms with Crippen LogP contribution in [-0.4, -0.2) is 23.1 Å². The first-order chi connectivity index (χ1) is 10.9. The molecule has 0 radical (unpaired) electrons. The monoisotopic (exact) mass is 336 g/mol. The molecule has 1 amide bonds. The van der Waals surface area contributed by atoms with Crippen LogP contribution in [0.5, 0.6) is 0 Å². The molecule has 0 saturated heterocycles. The Balaban J connectivity index is 2.01. The fraction of sp³-hybridized carbons (Fsp3) is 0.312. The minimum atomic E-state index is -0.961. The summed E-state index contributed by atoms with van der Waals surface area (Å²) in [4.78, 5) is 24.3. The van der Waals surface area contributed by atoms with E-state index < -0.39 is 18.0 Å². The predicted molar refractivity (Wildman–Crippen MR) is 85.6 cm³/mol. The zero-order chi connectivity index (χ0) is 17.0. The number of benzene rings is 1. The van der Waals surface area contributed by atoms with Crippen molar-refractivity contribution < 1.29 is 18.8 Å². The van der Waals surface area contributed by atoms with Crippen LogP contribution in [0.2, 0.25) is 5.02 Å². The van der Waals surface area contributed by atoms with E-state index in [2.05, 4.69) is 10.5 Å². The number of esters is 1. The van der Waals surface area contributed by atoms with E-state index in [0.29, 0.717) is 28.6 Å². The third kappa shape index (κ3) is 4.10. The molecule has 23 heavy (non-hydrogen) atoms. The van der Waals surface area contributed by atoms with Crippen LogP contribution in [0.15, 0.2) is 28.8 Å². The van der Waals surface area contributed by atoms with Gasteiger partial charge in [-0.25, -0.2) is 4.79 Å². The third-order valence-corrected chi connectivity index (χ3v) is 3.49. The van der Waals surface area contributed by atoms with Crippen molar-refractivity contribution in [2.75, 3.05) is 5.32 Å². The summed E-state index contributed by atoms with van der Waals surface area (Å²) in [5.74, 6) is -0.690. The third-order valence-electron chi connectivity index (χ3n) is 3.24. The number of amides is 1. The summed E-state index contributed by atoms with van der Waals surface area (Å²) < 4.78 is 10.2. The van der Waals surface area contributed by atoms with Gasteiger partial charge in [0.1, 0.15) is 11.3 Å². The van der Waals surface area contributed by atoms with Crippen LogP contribution in [0.25, 0.3) is 0 Å². The number of rotatable bonds is 5. The summed E-state index contributed by atoms with van der Waals surface area (Å²) in [6, 6.07) is 6.63. The second-order valence-corrected chi connectivity index (χ2v) is 5.39. The normalized spacial score (nSPS) is 11.8. The maximum Gasteiger partial charge on any atom is 0.344 e. The van der Waals surface area contributed by atoms with Crippen molar-refractivity contribution >= 4 is 29.2 Å². The molecule has 0 saturated carbocycles. The number of halogens is 1. The number of aryl methyl sites for hydroxylation is 2. The highest BCUT2D eigenvalue weighted by Gasteiger charge is 2.25. The first kappa shape index (κ1) is 17.0. The molecule has 0 spiro atoms. The van der Waals surface area contributed by atoms with E-state index in [1.165, 1.54) is 6.92 Å². The Morgan fingerprint density at radius 1 is 1.35 bits per heavy atom. The maximum atomic E-state index is 12.2. The molecule has 1 aromatic carbocycles. The lowest BCUT2D eigenvalue weighted by molar-refractivity contribution is -0.123. The number of carbonyl (C=O) groups is 2. The summed E-state index contributed by atoms with van der Waals surface area (Å²) in [6.07, 6.45) is -0.426. The molecule has 122 valence electrons. The standard InChI is InChI=1S/C16H17ClN2O4/c1-4-13-14(9(2)23-19-13)16(21)22-10(3)15(20)18-12-7-5-11(17)6-8-12/h5-8,10H,4H2,1-3H3,(H,18,20). The van der Waals surface area contributed by atoms with E-state index in [0.717, 1.165) is 0 Å². The highest BCUT2D eigenvalue weighted by molar-refractivity contribution is 6.30. The number of hydrogen-bond acceptors (Lipinski definition) is 5. The summed E-state index contributed by atoms with van der Waals surface area (Å²) >= 11 is 5.78. The summed E-state index contributed by atoms with van der Waals surface area (Å²) in [5.41, 5.74) is 1.36. The maximum absolute atomic E-state index is 12.2. The van der Waals surface area contributed by atoms with Gasteiger partial charge in [0.2, 0.25) is 0 Å². The second kappa shape index (κ2) is 7.28. The van der Waals surface area contributed by atoms with Crippen LogP contribution < -0.4 is 5.32 Å². The van der Waals surface area contributed by atoms with Gasteiger partial charge in [0.05, 0.1) is 5.69 Å². The van der Waals surface area contributed by atoms with E-state index in [1.807, 2.05) is 6.92 Å². The van der Waals surface area contributed by atoms with Gasteiger partial charge in [0, 0.05) is 10.7 Å². The minimum Gasteiger partial charge on any atom is -0.449 e. The first-order valence-electron chi connectivity index (χ1n) is 7.15. The van der Waals surface area contributed by atoms with Crippen LogP contribution in [0.3, 0.4) is 0 Å². The number of nitrogens with one attached hydrogen (secondary N) is 1. The van der Waals surface area contributed by atoms with Gasteiger partial charge in [-0.1, -0.05) is 23.7 Å². The quantitative estimate of drug-likeness (QED) is 0.846. The molecule has 1 heterocycles. The SMILES string of the molecule is CCc1noc(C)c1C(=O)OC(C)C(=O)Nc1ccc(Cl)cc1. The van der Waals surface area contributed by atoms with Gasteiger partial charge in [-0.3, -0.25) is 4.79 Å². The van der Waals surface area contributed by atoms with E-state index in [1.54, 1.807) is 31.2 Å². The highest BCUT2D eigenvalue weighted by Crippen LogP contribution is 2.17. The molecule has 1 atom stereocenters. The smallest absolute Gasteiger partial charge is 0.344 e. The van der Waals surface area contributed by atoms with Gasteiger partial charge in [0.25, 0.3) is 5.91 Å². The Morgan fingerprint density at radius 3 is 2.61 bits per heavy atom. The lowest BCUT2D eigenvalue weighted by Gasteiger charge is -2.13. The van der Waals surface area contributed by atoms with Crippen molar-refractivity contribution in [3.05, 3.63) is 46.3 Å². The average Bonchev–Trinajstić information content (AvgIpc) is 2.90. The molecule has 0 aliphatic rings. The Hall–Kier alpha value is -2.34. The lowest BCUT2D eigenvalue weighted by Crippen LogP contribution is -2.30. The van der Waals surface area contributed by atoms with Gasteiger partial charge in [-0.15, -0.1) is 0 Å². The van der Waals surface area contributed by atoms with Gasteiger partial charge in [-0.2, -0.15) is 0 Å². The number of nitrogens with zero attached hydrogens (tertiary/aromatic N) is 1. The van der Waals surface area contributed by atoms with E-state index in [-0.39, 0.29) is 5.56 Å². The van der Waals surface area contributed by atoms with Crippen LogP contribution >= 0.6 is 11.6 Å². The fourth-order valence-electron chi connectivity index (χ4n) is 1.97. The van der Waals surface area contributed by atoms with E-state index in [4.69, 9.17) is 20.9 Å². The van der Waals surface area contributed by atoms with Crippen LogP contribution in [0.4, 0.5) is 5.69 Å². The van der Waals surface area contributed by atoms with Gasteiger partial charge < -0.3 is 14.6 Å². The molecule has 2 aromatic rings. The number of ether oxygens (including phenoxy) is 1. The Labute approximate surface area is 138 Å². The van der Waals surface area contributed by atoms with Gasteiger partial charge in [-0.05, 0) is 44.5 Å². The molecule has 0 bridgehead atoms. The van der Waals surface area contributed by atoms with Crippen LogP contribution in [-0.2, 0) is 16.0 Å². The van der Waals surface area contributed by atoms with E-state index in [9.17, 15) is 9.59 Å².